The molecule has 3 N–H and O–H groups in total. The molecule has 1 saturated carbocycles. The van der Waals surface area contributed by atoms with Gasteiger partial charge in [-0.3, -0.25) is 0 Å². The van der Waals surface area contributed by atoms with Gasteiger partial charge >= 0.3 is 0 Å². The van der Waals surface area contributed by atoms with Crippen LogP contribution in [-0.4, -0.2) is 24.3 Å². The summed E-state index contributed by atoms with van der Waals surface area (Å²) in [5, 5.41) is 11.8. The fourth-order valence-electron chi connectivity index (χ4n) is 2.81. The highest BCUT2D eigenvalue weighted by Crippen LogP contribution is 2.31. The molecule has 1 aliphatic carbocycles. The number of methoxy groups -OCH3 is 1. The van der Waals surface area contributed by atoms with Gasteiger partial charge in [-0.05, 0) is 43.7 Å². The van der Waals surface area contributed by atoms with Crippen molar-refractivity contribution in [1.29, 1.82) is 0 Å². The van der Waals surface area contributed by atoms with E-state index < -0.39 is 0 Å². The smallest absolute Gasteiger partial charge is 0.170 e. The van der Waals surface area contributed by atoms with Crippen LogP contribution in [0.3, 0.4) is 0 Å². The van der Waals surface area contributed by atoms with Gasteiger partial charge in [0.2, 0.25) is 0 Å². The summed E-state index contributed by atoms with van der Waals surface area (Å²) in [5.74, 6) is 2.23. The maximum atomic E-state index is 8.80. The zero-order valence-electron chi connectivity index (χ0n) is 12.7. The molecular weight excluding hydrogens is 268 g/mol. The zero-order chi connectivity index (χ0) is 15.2. The van der Waals surface area contributed by atoms with Crippen LogP contribution in [-0.2, 0) is 0 Å². The molecule has 1 aromatic rings. The molecular formula is C16H24N2O3. The van der Waals surface area contributed by atoms with E-state index in [1.807, 2.05) is 6.07 Å². The third kappa shape index (κ3) is 4.03. The minimum atomic E-state index is 0.0495. The standard InChI is InChI=1S/C16H24N2O3/c1-3-11-4-6-13(7-5-11)21-15-9-12(16(17)18-19)8-14(10-15)20-2/h8-11,13,19H,3-7H2,1-2H3,(H2,17,18). The Morgan fingerprint density at radius 3 is 2.48 bits per heavy atom. The summed E-state index contributed by atoms with van der Waals surface area (Å²) < 4.78 is 11.3. The van der Waals surface area contributed by atoms with Crippen LogP contribution < -0.4 is 15.2 Å². The lowest BCUT2D eigenvalue weighted by molar-refractivity contribution is 0.129. The average molecular weight is 292 g/mol. The number of nitrogens with two attached hydrogens (primary N) is 1. The Hall–Kier alpha value is -1.91. The van der Waals surface area contributed by atoms with Crippen molar-refractivity contribution < 1.29 is 14.7 Å². The van der Waals surface area contributed by atoms with E-state index in [0.717, 1.165) is 18.8 Å². The SMILES string of the molecule is CCC1CCC(Oc2cc(OC)cc(/C(N)=N/O)c2)CC1. The molecule has 1 fully saturated rings. The molecule has 1 aliphatic rings. The highest BCUT2D eigenvalue weighted by molar-refractivity contribution is 5.97. The number of hydrogen-bond acceptors (Lipinski definition) is 4. The first-order chi connectivity index (χ1) is 10.2. The molecule has 5 nitrogen and oxygen atoms in total. The Morgan fingerprint density at radius 2 is 1.90 bits per heavy atom. The van der Waals surface area contributed by atoms with Gasteiger partial charge in [-0.25, -0.2) is 0 Å². The van der Waals surface area contributed by atoms with Crippen LogP contribution in [0.4, 0.5) is 0 Å². The summed E-state index contributed by atoms with van der Waals surface area (Å²) in [4.78, 5) is 0. The van der Waals surface area contributed by atoms with E-state index in [1.54, 1.807) is 19.2 Å². The Balaban J connectivity index is 2.09. The monoisotopic (exact) mass is 292 g/mol. The van der Waals surface area contributed by atoms with Gasteiger partial charge in [0.05, 0.1) is 13.2 Å². The van der Waals surface area contributed by atoms with Gasteiger partial charge in [0.15, 0.2) is 5.84 Å². The molecule has 0 saturated heterocycles. The molecule has 0 amide bonds. The largest absolute Gasteiger partial charge is 0.497 e. The Labute approximate surface area is 125 Å². The van der Waals surface area contributed by atoms with Gasteiger partial charge < -0.3 is 20.4 Å². The van der Waals surface area contributed by atoms with E-state index in [1.165, 1.54) is 19.3 Å². The average Bonchev–Trinajstić information content (AvgIpc) is 2.54. The molecule has 0 unspecified atom stereocenters. The lowest BCUT2D eigenvalue weighted by atomic mass is 9.86. The summed E-state index contributed by atoms with van der Waals surface area (Å²) in [6, 6.07) is 5.33. The fourth-order valence-corrected chi connectivity index (χ4v) is 2.81. The Kier molecular flexibility index (Phi) is 5.31. The van der Waals surface area contributed by atoms with Crippen molar-refractivity contribution in [2.45, 2.75) is 45.1 Å². The number of benzene rings is 1. The predicted molar refractivity (Wildman–Crippen MR) is 82.2 cm³/mol. The molecule has 1 aromatic carbocycles. The van der Waals surface area contributed by atoms with Gasteiger partial charge in [-0.2, -0.15) is 0 Å². The molecule has 0 heterocycles. The number of ether oxygens (including phenoxy) is 2. The molecule has 0 aliphatic heterocycles. The Bertz CT molecular complexity index is 494. The number of nitrogens with zero attached hydrogens (tertiary/aromatic N) is 1. The highest BCUT2D eigenvalue weighted by Gasteiger charge is 2.21. The van der Waals surface area contributed by atoms with Crippen LogP contribution in [0.15, 0.2) is 23.4 Å². The molecule has 5 heteroatoms. The van der Waals surface area contributed by atoms with Crippen molar-refractivity contribution >= 4 is 5.84 Å². The van der Waals surface area contributed by atoms with Gasteiger partial charge in [-0.15, -0.1) is 0 Å². The third-order valence-corrected chi connectivity index (χ3v) is 4.19. The first kappa shape index (κ1) is 15.5. The molecule has 0 atom stereocenters. The predicted octanol–water partition coefficient (Wildman–Crippen LogP) is 3.14. The third-order valence-electron chi connectivity index (χ3n) is 4.19. The molecule has 0 aromatic heterocycles. The first-order valence-electron chi connectivity index (χ1n) is 7.49. The molecule has 0 radical (unpaired) electrons. The van der Waals surface area contributed by atoms with Gasteiger partial charge in [0.1, 0.15) is 11.5 Å². The van der Waals surface area contributed by atoms with Crippen LogP contribution in [0, 0.1) is 5.92 Å². The van der Waals surface area contributed by atoms with E-state index in [2.05, 4.69) is 12.1 Å². The van der Waals surface area contributed by atoms with Crippen molar-refractivity contribution in [1.82, 2.24) is 0 Å². The molecule has 2 rings (SSSR count). The van der Waals surface area contributed by atoms with Gasteiger partial charge in [0, 0.05) is 11.6 Å². The van der Waals surface area contributed by atoms with Crippen LogP contribution in [0.5, 0.6) is 11.5 Å². The number of rotatable bonds is 5. The van der Waals surface area contributed by atoms with Crippen LogP contribution >= 0.6 is 0 Å². The highest BCUT2D eigenvalue weighted by atomic mass is 16.5. The summed E-state index contributed by atoms with van der Waals surface area (Å²) in [6.07, 6.45) is 6.08. The van der Waals surface area contributed by atoms with E-state index >= 15 is 0 Å². The molecule has 21 heavy (non-hydrogen) atoms. The number of amidine groups is 1. The summed E-state index contributed by atoms with van der Waals surface area (Å²) in [7, 11) is 1.58. The number of hydrogen-bond donors (Lipinski definition) is 2. The van der Waals surface area contributed by atoms with Crippen molar-refractivity contribution in [3.8, 4) is 11.5 Å². The normalized spacial score (nSPS) is 22.9. The lowest BCUT2D eigenvalue weighted by Crippen LogP contribution is -2.24. The number of oxime groups is 1. The minimum Gasteiger partial charge on any atom is -0.497 e. The second kappa shape index (κ2) is 7.20. The topological polar surface area (TPSA) is 77.1 Å². The fraction of sp³-hybridized carbons (Fsp3) is 0.562. The maximum Gasteiger partial charge on any atom is 0.170 e. The summed E-state index contributed by atoms with van der Waals surface area (Å²) >= 11 is 0. The second-order valence-electron chi connectivity index (χ2n) is 5.55. The van der Waals surface area contributed by atoms with Crippen LogP contribution in [0.2, 0.25) is 0 Å². The van der Waals surface area contributed by atoms with Crippen molar-refractivity contribution in [3.63, 3.8) is 0 Å². The first-order valence-corrected chi connectivity index (χ1v) is 7.49. The summed E-state index contributed by atoms with van der Waals surface area (Å²) in [5.41, 5.74) is 6.24. The summed E-state index contributed by atoms with van der Waals surface area (Å²) in [6.45, 7) is 2.25. The second-order valence-corrected chi connectivity index (χ2v) is 5.55. The quantitative estimate of drug-likeness (QED) is 0.378. The lowest BCUT2D eigenvalue weighted by Gasteiger charge is -2.28. The van der Waals surface area contributed by atoms with E-state index in [4.69, 9.17) is 20.4 Å². The molecule has 0 bridgehead atoms. The minimum absolute atomic E-state index is 0.0495. The Morgan fingerprint density at radius 1 is 1.24 bits per heavy atom. The van der Waals surface area contributed by atoms with E-state index in [9.17, 15) is 0 Å². The van der Waals surface area contributed by atoms with Crippen molar-refractivity contribution in [2.75, 3.05) is 7.11 Å². The van der Waals surface area contributed by atoms with Crippen LogP contribution in [0.1, 0.15) is 44.6 Å². The van der Waals surface area contributed by atoms with Gasteiger partial charge in [0.25, 0.3) is 0 Å². The molecule has 0 spiro atoms. The zero-order valence-corrected chi connectivity index (χ0v) is 12.7. The van der Waals surface area contributed by atoms with Crippen LogP contribution in [0.25, 0.3) is 0 Å². The maximum absolute atomic E-state index is 8.80. The van der Waals surface area contributed by atoms with E-state index in [-0.39, 0.29) is 11.9 Å². The van der Waals surface area contributed by atoms with E-state index in [0.29, 0.717) is 17.1 Å². The molecule has 116 valence electrons. The van der Waals surface area contributed by atoms with Gasteiger partial charge in [-0.1, -0.05) is 18.5 Å². The van der Waals surface area contributed by atoms with Crippen molar-refractivity contribution in [2.24, 2.45) is 16.8 Å². The van der Waals surface area contributed by atoms with Crippen molar-refractivity contribution in [3.05, 3.63) is 23.8 Å².